The van der Waals surface area contributed by atoms with Crippen molar-refractivity contribution < 1.29 is 0 Å². The van der Waals surface area contributed by atoms with Crippen molar-refractivity contribution in [3.05, 3.63) is 34.9 Å². The third-order valence-electron chi connectivity index (χ3n) is 2.90. The molecule has 0 aliphatic heterocycles. The molecule has 2 nitrogen and oxygen atoms in total. The Morgan fingerprint density at radius 2 is 1.93 bits per heavy atom. The molecule has 0 aromatic heterocycles. The highest BCUT2D eigenvalue weighted by Gasteiger charge is 2.21. The molecule has 1 aromatic rings. The normalized spacial score (nSPS) is 12.1. The number of benzene rings is 1. The Bertz CT molecular complexity index is 323. The van der Waals surface area contributed by atoms with Crippen LogP contribution < -0.4 is 5.73 Å². The number of likely N-dealkylation sites (N-methyl/N-ethyl adjacent to an activating group) is 1. The van der Waals surface area contributed by atoms with E-state index in [1.165, 1.54) is 0 Å². The molecule has 0 aliphatic carbocycles. The minimum Gasteiger partial charge on any atom is -0.329 e. The fourth-order valence-electron chi connectivity index (χ4n) is 1.25. The van der Waals surface area contributed by atoms with Crippen LogP contribution in [0.5, 0.6) is 0 Å². The standard InChI is InChI=1S/C12H19ClN2/c1-12(2,9-14)15(3)8-10-6-4-5-7-11(10)13/h4-7H,8-9,14H2,1-3H3. The van der Waals surface area contributed by atoms with E-state index >= 15 is 0 Å². The molecule has 0 radical (unpaired) electrons. The Kier molecular flexibility index (Phi) is 4.14. The Labute approximate surface area is 97.0 Å². The van der Waals surface area contributed by atoms with Crippen molar-refractivity contribution in [3.8, 4) is 0 Å². The zero-order chi connectivity index (χ0) is 11.5. The van der Waals surface area contributed by atoms with E-state index in [2.05, 4.69) is 25.8 Å². The molecular formula is C12H19ClN2. The van der Waals surface area contributed by atoms with Crippen molar-refractivity contribution >= 4 is 11.6 Å². The first-order valence-electron chi connectivity index (χ1n) is 5.12. The minimum absolute atomic E-state index is 0.000823. The van der Waals surface area contributed by atoms with E-state index in [1.54, 1.807) is 0 Å². The lowest BCUT2D eigenvalue weighted by molar-refractivity contribution is 0.156. The summed E-state index contributed by atoms with van der Waals surface area (Å²) in [5.74, 6) is 0. The first-order valence-corrected chi connectivity index (χ1v) is 5.50. The molecule has 0 bridgehead atoms. The lowest BCUT2D eigenvalue weighted by Gasteiger charge is -2.34. The molecule has 0 fully saturated rings. The summed E-state index contributed by atoms with van der Waals surface area (Å²) >= 11 is 6.10. The first-order chi connectivity index (χ1) is 6.97. The van der Waals surface area contributed by atoms with Crippen molar-refractivity contribution in [2.24, 2.45) is 5.73 Å². The molecule has 0 atom stereocenters. The van der Waals surface area contributed by atoms with Gasteiger partial charge in [-0.1, -0.05) is 29.8 Å². The second kappa shape index (κ2) is 4.97. The van der Waals surface area contributed by atoms with Crippen LogP contribution >= 0.6 is 11.6 Å². The topological polar surface area (TPSA) is 29.3 Å². The van der Waals surface area contributed by atoms with Gasteiger partial charge in [0.2, 0.25) is 0 Å². The Hall–Kier alpha value is -0.570. The minimum atomic E-state index is -0.000823. The Morgan fingerprint density at radius 3 is 2.47 bits per heavy atom. The van der Waals surface area contributed by atoms with Crippen LogP contribution in [0.3, 0.4) is 0 Å². The highest BCUT2D eigenvalue weighted by molar-refractivity contribution is 6.31. The summed E-state index contributed by atoms with van der Waals surface area (Å²) in [6.07, 6.45) is 0. The van der Waals surface area contributed by atoms with Crippen LogP contribution in [0.1, 0.15) is 19.4 Å². The van der Waals surface area contributed by atoms with Crippen LogP contribution in [0.4, 0.5) is 0 Å². The zero-order valence-electron chi connectivity index (χ0n) is 9.63. The predicted octanol–water partition coefficient (Wildman–Crippen LogP) is 2.51. The molecule has 15 heavy (non-hydrogen) atoms. The smallest absolute Gasteiger partial charge is 0.0451 e. The average molecular weight is 227 g/mol. The molecule has 1 rings (SSSR count). The highest BCUT2D eigenvalue weighted by Crippen LogP contribution is 2.20. The number of hydrogen-bond acceptors (Lipinski definition) is 2. The Balaban J connectivity index is 2.75. The van der Waals surface area contributed by atoms with Gasteiger partial charge in [-0.25, -0.2) is 0 Å². The molecule has 1 aromatic carbocycles. The van der Waals surface area contributed by atoms with Crippen molar-refractivity contribution in [3.63, 3.8) is 0 Å². The maximum absolute atomic E-state index is 6.10. The van der Waals surface area contributed by atoms with Crippen LogP contribution in [0, 0.1) is 0 Å². The second-order valence-corrected chi connectivity index (χ2v) is 4.87. The fraction of sp³-hybridized carbons (Fsp3) is 0.500. The van der Waals surface area contributed by atoms with E-state index in [0.29, 0.717) is 6.54 Å². The third kappa shape index (κ3) is 3.20. The monoisotopic (exact) mass is 226 g/mol. The lowest BCUT2D eigenvalue weighted by atomic mass is 10.0. The molecular weight excluding hydrogens is 208 g/mol. The van der Waals surface area contributed by atoms with Gasteiger partial charge < -0.3 is 5.73 Å². The maximum atomic E-state index is 6.10. The molecule has 0 heterocycles. The molecule has 0 unspecified atom stereocenters. The van der Waals surface area contributed by atoms with Gasteiger partial charge in [-0.2, -0.15) is 0 Å². The number of hydrogen-bond donors (Lipinski definition) is 1. The molecule has 3 heteroatoms. The number of nitrogens with two attached hydrogens (primary N) is 1. The quantitative estimate of drug-likeness (QED) is 0.855. The first kappa shape index (κ1) is 12.5. The zero-order valence-corrected chi connectivity index (χ0v) is 10.4. The van der Waals surface area contributed by atoms with Gasteiger partial charge in [0, 0.05) is 23.7 Å². The summed E-state index contributed by atoms with van der Waals surface area (Å²) in [7, 11) is 2.07. The van der Waals surface area contributed by atoms with Gasteiger partial charge in [0.15, 0.2) is 0 Å². The second-order valence-electron chi connectivity index (χ2n) is 4.46. The summed E-state index contributed by atoms with van der Waals surface area (Å²) < 4.78 is 0. The predicted molar refractivity (Wildman–Crippen MR) is 66.1 cm³/mol. The number of rotatable bonds is 4. The Morgan fingerprint density at radius 1 is 1.33 bits per heavy atom. The summed E-state index contributed by atoms with van der Waals surface area (Å²) in [5, 5.41) is 0.817. The molecule has 0 spiro atoms. The largest absolute Gasteiger partial charge is 0.329 e. The average Bonchev–Trinajstić information content (AvgIpc) is 2.21. The van der Waals surface area contributed by atoms with Crippen LogP contribution in [0.25, 0.3) is 0 Å². The van der Waals surface area contributed by atoms with E-state index in [0.717, 1.165) is 17.1 Å². The number of nitrogens with zero attached hydrogens (tertiary/aromatic N) is 1. The van der Waals surface area contributed by atoms with Gasteiger partial charge in [-0.3, -0.25) is 4.90 Å². The van der Waals surface area contributed by atoms with Gasteiger partial charge in [-0.15, -0.1) is 0 Å². The van der Waals surface area contributed by atoms with Gasteiger partial charge in [0.1, 0.15) is 0 Å². The molecule has 2 N–H and O–H groups in total. The SMILES string of the molecule is CN(Cc1ccccc1Cl)C(C)(C)CN. The van der Waals surface area contributed by atoms with E-state index in [1.807, 2.05) is 24.3 Å². The van der Waals surface area contributed by atoms with E-state index < -0.39 is 0 Å². The van der Waals surface area contributed by atoms with Crippen LogP contribution in [0.2, 0.25) is 5.02 Å². The summed E-state index contributed by atoms with van der Waals surface area (Å²) in [5.41, 5.74) is 6.87. The van der Waals surface area contributed by atoms with E-state index in [9.17, 15) is 0 Å². The van der Waals surface area contributed by atoms with Crippen LogP contribution in [-0.4, -0.2) is 24.0 Å². The third-order valence-corrected chi connectivity index (χ3v) is 3.27. The molecule has 0 amide bonds. The van der Waals surface area contributed by atoms with Crippen molar-refractivity contribution in [1.82, 2.24) is 4.90 Å². The maximum Gasteiger partial charge on any atom is 0.0451 e. The fourth-order valence-corrected chi connectivity index (χ4v) is 1.45. The van der Waals surface area contributed by atoms with Crippen molar-refractivity contribution in [2.75, 3.05) is 13.6 Å². The van der Waals surface area contributed by atoms with Crippen LogP contribution in [-0.2, 0) is 6.54 Å². The lowest BCUT2D eigenvalue weighted by Crippen LogP contribution is -2.46. The van der Waals surface area contributed by atoms with Crippen molar-refractivity contribution in [2.45, 2.75) is 25.9 Å². The van der Waals surface area contributed by atoms with Gasteiger partial charge in [0.05, 0.1) is 0 Å². The molecule has 0 saturated carbocycles. The molecule has 0 saturated heterocycles. The van der Waals surface area contributed by atoms with E-state index in [4.69, 9.17) is 17.3 Å². The van der Waals surface area contributed by atoms with Gasteiger partial charge in [-0.05, 0) is 32.5 Å². The van der Waals surface area contributed by atoms with Gasteiger partial charge in [0.25, 0.3) is 0 Å². The van der Waals surface area contributed by atoms with Crippen molar-refractivity contribution in [1.29, 1.82) is 0 Å². The number of halogens is 1. The van der Waals surface area contributed by atoms with Crippen LogP contribution in [0.15, 0.2) is 24.3 Å². The summed E-state index contributed by atoms with van der Waals surface area (Å²) in [6, 6.07) is 7.91. The highest BCUT2D eigenvalue weighted by atomic mass is 35.5. The molecule has 84 valence electrons. The van der Waals surface area contributed by atoms with Gasteiger partial charge >= 0.3 is 0 Å². The van der Waals surface area contributed by atoms with E-state index in [-0.39, 0.29) is 5.54 Å². The molecule has 0 aliphatic rings. The summed E-state index contributed by atoms with van der Waals surface area (Å²) in [6.45, 7) is 5.71. The summed E-state index contributed by atoms with van der Waals surface area (Å²) in [4.78, 5) is 2.22.